The number of carbonyl (C=O) groups is 4. The maximum absolute atomic E-state index is 12.4. The fraction of sp³-hybridized carbons (Fsp3) is 0.360. The van der Waals surface area contributed by atoms with Crippen molar-refractivity contribution in [2.45, 2.75) is 44.9 Å². The molecular formula is C25H25NO5. The van der Waals surface area contributed by atoms with E-state index < -0.39 is 5.97 Å². The molecule has 2 aromatic carbocycles. The molecule has 0 aromatic heterocycles. The summed E-state index contributed by atoms with van der Waals surface area (Å²) in [6, 6.07) is 12.6. The number of amides is 2. The molecule has 160 valence electrons. The minimum Gasteiger partial charge on any atom is -0.466 e. The summed E-state index contributed by atoms with van der Waals surface area (Å²) in [6.45, 7) is 0.496. The molecule has 0 unspecified atom stereocenters. The molecule has 1 heterocycles. The van der Waals surface area contributed by atoms with Crippen molar-refractivity contribution in [3.8, 4) is 0 Å². The molecule has 0 N–H and O–H groups in total. The molecule has 0 atom stereocenters. The van der Waals surface area contributed by atoms with Crippen molar-refractivity contribution in [1.82, 2.24) is 4.90 Å². The van der Waals surface area contributed by atoms with Gasteiger partial charge < -0.3 is 4.74 Å². The van der Waals surface area contributed by atoms with Crippen LogP contribution in [0.4, 0.5) is 0 Å². The lowest BCUT2D eigenvalue weighted by Crippen LogP contribution is -2.30. The van der Waals surface area contributed by atoms with E-state index in [0.717, 1.165) is 19.3 Å². The number of nitrogens with zero attached hydrogens (tertiary/aromatic N) is 1. The minimum atomic E-state index is -0.407. The van der Waals surface area contributed by atoms with Crippen LogP contribution in [0.5, 0.6) is 0 Å². The summed E-state index contributed by atoms with van der Waals surface area (Å²) < 4.78 is 5.20. The monoisotopic (exact) mass is 419 g/mol. The van der Waals surface area contributed by atoms with Crippen LogP contribution in [0.2, 0.25) is 0 Å². The molecule has 0 saturated carbocycles. The number of carbonyl (C=O) groups excluding carboxylic acids is 4. The van der Waals surface area contributed by atoms with Crippen molar-refractivity contribution in [2.24, 2.45) is 0 Å². The number of hydrogen-bond donors (Lipinski definition) is 0. The van der Waals surface area contributed by atoms with Crippen LogP contribution in [0.3, 0.4) is 0 Å². The highest BCUT2D eigenvalue weighted by atomic mass is 16.5. The maximum Gasteiger partial charge on any atom is 0.306 e. The number of ether oxygens (including phenoxy) is 1. The van der Waals surface area contributed by atoms with Crippen LogP contribution < -0.4 is 0 Å². The van der Waals surface area contributed by atoms with Crippen LogP contribution in [-0.4, -0.2) is 41.6 Å². The Balaban J connectivity index is 1.14. The molecule has 0 bridgehead atoms. The van der Waals surface area contributed by atoms with Gasteiger partial charge in [-0.2, -0.15) is 0 Å². The highest BCUT2D eigenvalue weighted by Gasteiger charge is 2.34. The van der Waals surface area contributed by atoms with Gasteiger partial charge in [0.2, 0.25) is 0 Å². The van der Waals surface area contributed by atoms with Crippen LogP contribution in [0.15, 0.2) is 42.5 Å². The molecule has 31 heavy (non-hydrogen) atoms. The van der Waals surface area contributed by atoms with E-state index in [1.165, 1.54) is 16.0 Å². The lowest BCUT2D eigenvalue weighted by Gasteiger charge is -2.13. The first-order valence-corrected chi connectivity index (χ1v) is 10.8. The number of aryl methyl sites for hydroxylation is 2. The maximum atomic E-state index is 12.4. The third kappa shape index (κ3) is 4.58. The van der Waals surface area contributed by atoms with Gasteiger partial charge in [0.15, 0.2) is 5.78 Å². The van der Waals surface area contributed by atoms with Gasteiger partial charge in [-0.15, -0.1) is 0 Å². The second-order valence-corrected chi connectivity index (χ2v) is 8.00. The summed E-state index contributed by atoms with van der Waals surface area (Å²) in [6.07, 6.45) is 4.49. The summed E-state index contributed by atoms with van der Waals surface area (Å²) >= 11 is 0. The van der Waals surface area contributed by atoms with Crippen LogP contribution >= 0.6 is 0 Å². The molecule has 0 saturated heterocycles. The topological polar surface area (TPSA) is 80.8 Å². The number of unbranched alkanes of at least 4 members (excludes halogenated alkanes) is 1. The molecule has 0 spiro atoms. The largest absolute Gasteiger partial charge is 0.466 e. The molecule has 1 aliphatic heterocycles. The van der Waals surface area contributed by atoms with Gasteiger partial charge in [-0.1, -0.05) is 24.3 Å². The fourth-order valence-corrected chi connectivity index (χ4v) is 4.18. The predicted molar refractivity (Wildman–Crippen MR) is 114 cm³/mol. The summed E-state index contributed by atoms with van der Waals surface area (Å²) in [7, 11) is 0. The molecule has 0 fully saturated rings. The van der Waals surface area contributed by atoms with Crippen molar-refractivity contribution < 1.29 is 23.9 Å². The highest BCUT2D eigenvalue weighted by Crippen LogP contribution is 2.24. The van der Waals surface area contributed by atoms with Crippen LogP contribution in [0, 0.1) is 0 Å². The second-order valence-electron chi connectivity index (χ2n) is 8.00. The number of benzene rings is 2. The normalized spacial score (nSPS) is 14.5. The molecular weight excluding hydrogens is 394 g/mol. The number of esters is 1. The van der Waals surface area contributed by atoms with E-state index in [9.17, 15) is 19.2 Å². The summed E-state index contributed by atoms with van der Waals surface area (Å²) in [4.78, 5) is 50.1. The lowest BCUT2D eigenvalue weighted by molar-refractivity contribution is -0.143. The molecule has 2 aliphatic rings. The van der Waals surface area contributed by atoms with Crippen LogP contribution in [0.25, 0.3) is 0 Å². The zero-order chi connectivity index (χ0) is 21.8. The Bertz CT molecular complexity index is 1010. The zero-order valence-electron chi connectivity index (χ0n) is 17.4. The molecule has 1 aliphatic carbocycles. The van der Waals surface area contributed by atoms with Crippen LogP contribution in [-0.2, 0) is 22.4 Å². The molecule has 4 rings (SSSR count). The number of Topliss-reactive ketones (excluding diaryl/α,β-unsaturated/α-hetero) is 1. The van der Waals surface area contributed by atoms with E-state index in [-0.39, 0.29) is 37.0 Å². The number of hydrogen-bond acceptors (Lipinski definition) is 5. The standard InChI is InChI=1S/C25H25NO5/c27-22(19-11-10-17-6-5-7-18(17)16-19)12-13-23(28)31-15-4-3-14-26-24(29)20-8-1-2-9-21(20)25(26)30/h1-2,8-11,16H,3-7,12-15H2. The Morgan fingerprint density at radius 3 is 2.32 bits per heavy atom. The minimum absolute atomic E-state index is 0.0442. The smallest absolute Gasteiger partial charge is 0.306 e. The Morgan fingerprint density at radius 1 is 0.871 bits per heavy atom. The molecule has 2 amide bonds. The lowest BCUT2D eigenvalue weighted by atomic mass is 10.0. The first-order valence-electron chi connectivity index (χ1n) is 10.8. The van der Waals surface area contributed by atoms with Gasteiger partial charge in [-0.3, -0.25) is 24.1 Å². The van der Waals surface area contributed by atoms with Gasteiger partial charge in [0.05, 0.1) is 24.2 Å². The van der Waals surface area contributed by atoms with E-state index in [0.29, 0.717) is 36.1 Å². The number of ketones is 1. The third-order valence-electron chi connectivity index (χ3n) is 5.89. The summed E-state index contributed by atoms with van der Waals surface area (Å²) in [5.41, 5.74) is 4.09. The Morgan fingerprint density at radius 2 is 1.58 bits per heavy atom. The van der Waals surface area contributed by atoms with Crippen molar-refractivity contribution in [3.63, 3.8) is 0 Å². The number of rotatable bonds is 9. The molecule has 6 heteroatoms. The van der Waals surface area contributed by atoms with Gasteiger partial charge in [0, 0.05) is 18.5 Å². The predicted octanol–water partition coefficient (Wildman–Crippen LogP) is 3.76. The average molecular weight is 419 g/mol. The number of fused-ring (bicyclic) bond motifs is 2. The highest BCUT2D eigenvalue weighted by molar-refractivity contribution is 6.21. The Labute approximate surface area is 181 Å². The Kier molecular flexibility index (Phi) is 6.26. The fourth-order valence-electron chi connectivity index (χ4n) is 4.18. The van der Waals surface area contributed by atoms with Crippen molar-refractivity contribution in [1.29, 1.82) is 0 Å². The second kappa shape index (κ2) is 9.25. The van der Waals surface area contributed by atoms with Gasteiger partial charge in [0.25, 0.3) is 11.8 Å². The zero-order valence-corrected chi connectivity index (χ0v) is 17.4. The quantitative estimate of drug-likeness (QED) is 0.268. The van der Waals surface area contributed by atoms with Crippen molar-refractivity contribution >= 4 is 23.6 Å². The van der Waals surface area contributed by atoms with Crippen molar-refractivity contribution in [2.75, 3.05) is 13.2 Å². The van der Waals surface area contributed by atoms with E-state index in [4.69, 9.17) is 4.74 Å². The van der Waals surface area contributed by atoms with E-state index in [1.807, 2.05) is 18.2 Å². The van der Waals surface area contributed by atoms with Crippen LogP contribution in [0.1, 0.15) is 74.3 Å². The number of imide groups is 1. The van der Waals surface area contributed by atoms with E-state index >= 15 is 0 Å². The van der Waals surface area contributed by atoms with Gasteiger partial charge in [-0.05, 0) is 61.4 Å². The first-order chi connectivity index (χ1) is 15.0. The summed E-state index contributed by atoms with van der Waals surface area (Å²) in [5, 5.41) is 0. The van der Waals surface area contributed by atoms with E-state index in [2.05, 4.69) is 0 Å². The molecule has 0 radical (unpaired) electrons. The first kappa shape index (κ1) is 21.0. The summed E-state index contributed by atoms with van der Waals surface area (Å²) in [5.74, 6) is -1.00. The van der Waals surface area contributed by atoms with Gasteiger partial charge in [0.1, 0.15) is 0 Å². The SMILES string of the molecule is O=C(CCC(=O)c1ccc2c(c1)CCC2)OCCCCN1C(=O)c2ccccc2C1=O. The average Bonchev–Trinajstić information content (AvgIpc) is 3.35. The third-order valence-corrected chi connectivity index (χ3v) is 5.89. The molecule has 6 nitrogen and oxygen atoms in total. The van der Waals surface area contributed by atoms with Crippen molar-refractivity contribution in [3.05, 3.63) is 70.3 Å². The molecule has 2 aromatic rings. The van der Waals surface area contributed by atoms with Gasteiger partial charge in [-0.25, -0.2) is 0 Å². The van der Waals surface area contributed by atoms with E-state index in [1.54, 1.807) is 24.3 Å². The Hall–Kier alpha value is -3.28. The van der Waals surface area contributed by atoms with Gasteiger partial charge >= 0.3 is 5.97 Å².